The predicted octanol–water partition coefficient (Wildman–Crippen LogP) is 2.46. The Bertz CT molecular complexity index is 662. The van der Waals surface area contributed by atoms with Crippen molar-refractivity contribution >= 4 is 22.8 Å². The van der Waals surface area contributed by atoms with Crippen molar-refractivity contribution in [3.05, 3.63) is 42.1 Å². The Kier molecular flexibility index (Phi) is 4.52. The molecule has 21 heavy (non-hydrogen) atoms. The van der Waals surface area contributed by atoms with Crippen LogP contribution in [0.2, 0.25) is 0 Å². The molecule has 0 aliphatic carbocycles. The van der Waals surface area contributed by atoms with Crippen LogP contribution in [0.4, 0.5) is 0 Å². The van der Waals surface area contributed by atoms with E-state index >= 15 is 0 Å². The maximum atomic E-state index is 12.3. The van der Waals surface area contributed by atoms with E-state index in [1.807, 2.05) is 26.0 Å². The minimum absolute atomic E-state index is 0.178. The van der Waals surface area contributed by atoms with Crippen LogP contribution in [0.15, 0.2) is 36.5 Å². The first-order valence-electron chi connectivity index (χ1n) is 6.86. The summed E-state index contributed by atoms with van der Waals surface area (Å²) in [5, 5.41) is 12.6. The number of nitrogens with one attached hydrogen (secondary N) is 1. The highest BCUT2D eigenvalue weighted by Crippen LogP contribution is 2.16. The van der Waals surface area contributed by atoms with E-state index in [1.54, 1.807) is 24.4 Å². The normalized spacial score (nSPS) is 12.3. The molecule has 0 saturated heterocycles. The van der Waals surface area contributed by atoms with Crippen molar-refractivity contribution in [2.24, 2.45) is 5.92 Å². The molecule has 1 heterocycles. The summed E-state index contributed by atoms with van der Waals surface area (Å²) in [5.41, 5.74) is 0.967. The zero-order valence-corrected chi connectivity index (χ0v) is 12.0. The number of carboxylic acids is 1. The van der Waals surface area contributed by atoms with Gasteiger partial charge in [0.25, 0.3) is 5.91 Å². The van der Waals surface area contributed by atoms with E-state index in [0.29, 0.717) is 17.5 Å². The van der Waals surface area contributed by atoms with Gasteiger partial charge in [-0.3, -0.25) is 9.78 Å². The molecule has 5 heteroatoms. The number of benzene rings is 1. The Hall–Kier alpha value is -2.43. The smallest absolute Gasteiger partial charge is 0.326 e. The summed E-state index contributed by atoms with van der Waals surface area (Å²) in [6, 6.07) is 8.04. The summed E-state index contributed by atoms with van der Waals surface area (Å²) in [6.07, 6.45) is 2.00. The number of carbonyl (C=O) groups is 2. The van der Waals surface area contributed by atoms with Gasteiger partial charge in [-0.1, -0.05) is 32.0 Å². The van der Waals surface area contributed by atoms with Crippen molar-refractivity contribution in [1.82, 2.24) is 10.3 Å². The van der Waals surface area contributed by atoms with E-state index in [9.17, 15) is 14.7 Å². The number of aliphatic carboxylic acids is 1. The fraction of sp³-hybridized carbons (Fsp3) is 0.312. The minimum Gasteiger partial charge on any atom is -0.480 e. The summed E-state index contributed by atoms with van der Waals surface area (Å²) >= 11 is 0. The van der Waals surface area contributed by atoms with E-state index in [4.69, 9.17) is 0 Å². The Morgan fingerprint density at radius 2 is 1.95 bits per heavy atom. The topological polar surface area (TPSA) is 79.3 Å². The number of nitrogens with zero attached hydrogens (tertiary/aromatic N) is 1. The fourth-order valence-electron chi connectivity index (χ4n) is 2.22. The number of carboxylic acid groups (broad SMARTS) is 1. The van der Waals surface area contributed by atoms with Gasteiger partial charge in [-0.25, -0.2) is 4.79 Å². The van der Waals surface area contributed by atoms with Crippen molar-refractivity contribution < 1.29 is 14.7 Å². The molecule has 0 saturated carbocycles. The van der Waals surface area contributed by atoms with Crippen LogP contribution in [-0.4, -0.2) is 28.0 Å². The van der Waals surface area contributed by atoms with Gasteiger partial charge in [0.05, 0.1) is 11.1 Å². The summed E-state index contributed by atoms with van der Waals surface area (Å²) in [4.78, 5) is 27.8. The molecule has 0 aliphatic heterocycles. The number of aromatic nitrogens is 1. The van der Waals surface area contributed by atoms with Crippen LogP contribution in [0, 0.1) is 5.92 Å². The van der Waals surface area contributed by atoms with E-state index in [2.05, 4.69) is 10.3 Å². The van der Waals surface area contributed by atoms with Crippen LogP contribution in [0.25, 0.3) is 10.9 Å². The van der Waals surface area contributed by atoms with Crippen molar-refractivity contribution in [2.75, 3.05) is 0 Å². The molecule has 1 amide bonds. The van der Waals surface area contributed by atoms with E-state index in [-0.39, 0.29) is 5.92 Å². The van der Waals surface area contributed by atoms with Crippen LogP contribution < -0.4 is 5.32 Å². The second-order valence-electron chi connectivity index (χ2n) is 5.37. The molecule has 1 aromatic carbocycles. The van der Waals surface area contributed by atoms with Gasteiger partial charge in [0, 0.05) is 11.6 Å². The van der Waals surface area contributed by atoms with Crippen LogP contribution >= 0.6 is 0 Å². The summed E-state index contributed by atoms with van der Waals surface area (Å²) in [6.45, 7) is 3.84. The summed E-state index contributed by atoms with van der Waals surface area (Å²) in [5.74, 6) is -1.25. The van der Waals surface area contributed by atoms with Crippen LogP contribution in [0.1, 0.15) is 30.6 Å². The molecule has 2 rings (SSSR count). The number of hydrogen-bond donors (Lipinski definition) is 2. The Balaban J connectivity index is 2.27. The molecular formula is C16H18N2O3. The predicted molar refractivity (Wildman–Crippen MR) is 80.1 cm³/mol. The maximum absolute atomic E-state index is 12.3. The minimum atomic E-state index is -1.02. The van der Waals surface area contributed by atoms with E-state index in [0.717, 1.165) is 5.39 Å². The fourth-order valence-corrected chi connectivity index (χ4v) is 2.22. The van der Waals surface area contributed by atoms with Crippen molar-refractivity contribution in [3.63, 3.8) is 0 Å². The molecular weight excluding hydrogens is 268 g/mol. The van der Waals surface area contributed by atoms with Crippen LogP contribution in [-0.2, 0) is 4.79 Å². The maximum Gasteiger partial charge on any atom is 0.326 e. The van der Waals surface area contributed by atoms with E-state index < -0.39 is 17.9 Å². The highest BCUT2D eigenvalue weighted by molar-refractivity contribution is 6.06. The van der Waals surface area contributed by atoms with Gasteiger partial charge in [0.2, 0.25) is 0 Å². The van der Waals surface area contributed by atoms with Gasteiger partial charge in [-0.2, -0.15) is 0 Å². The van der Waals surface area contributed by atoms with Crippen LogP contribution in [0.5, 0.6) is 0 Å². The third-order valence-electron chi connectivity index (χ3n) is 3.19. The lowest BCUT2D eigenvalue weighted by molar-refractivity contribution is -0.139. The Morgan fingerprint density at radius 3 is 2.62 bits per heavy atom. The molecule has 2 aromatic rings. The molecule has 0 fully saturated rings. The van der Waals surface area contributed by atoms with Crippen molar-refractivity contribution in [3.8, 4) is 0 Å². The number of para-hydroxylation sites is 1. The third-order valence-corrected chi connectivity index (χ3v) is 3.19. The number of fused-ring (bicyclic) bond motifs is 1. The average molecular weight is 286 g/mol. The highest BCUT2D eigenvalue weighted by atomic mass is 16.4. The monoisotopic (exact) mass is 286 g/mol. The number of carbonyl (C=O) groups excluding carboxylic acids is 1. The van der Waals surface area contributed by atoms with Gasteiger partial charge < -0.3 is 10.4 Å². The largest absolute Gasteiger partial charge is 0.480 e. The lowest BCUT2D eigenvalue weighted by atomic mass is 10.0. The summed E-state index contributed by atoms with van der Waals surface area (Å²) < 4.78 is 0. The van der Waals surface area contributed by atoms with E-state index in [1.165, 1.54) is 0 Å². The van der Waals surface area contributed by atoms with Crippen LogP contribution in [0.3, 0.4) is 0 Å². The molecule has 0 bridgehead atoms. The van der Waals surface area contributed by atoms with Gasteiger partial charge in [-0.05, 0) is 24.5 Å². The quantitative estimate of drug-likeness (QED) is 0.885. The first-order chi connectivity index (χ1) is 9.99. The lowest BCUT2D eigenvalue weighted by Crippen LogP contribution is -2.41. The number of pyridine rings is 1. The van der Waals surface area contributed by atoms with Gasteiger partial charge in [0.1, 0.15) is 6.04 Å². The molecule has 110 valence electrons. The zero-order chi connectivity index (χ0) is 15.4. The average Bonchev–Trinajstić information content (AvgIpc) is 2.45. The first-order valence-corrected chi connectivity index (χ1v) is 6.86. The SMILES string of the molecule is CC(C)C[C@@H](NC(=O)c1cccc2cccnc12)C(=O)O. The number of amides is 1. The molecule has 1 atom stereocenters. The molecule has 0 radical (unpaired) electrons. The Labute approximate surface area is 123 Å². The second-order valence-corrected chi connectivity index (χ2v) is 5.37. The standard InChI is InChI=1S/C16H18N2O3/c1-10(2)9-13(16(20)21)18-15(19)12-7-3-5-11-6-4-8-17-14(11)12/h3-8,10,13H,9H2,1-2H3,(H,18,19)(H,20,21)/t13-/m1/s1. The van der Waals surface area contributed by atoms with Gasteiger partial charge in [0.15, 0.2) is 0 Å². The Morgan fingerprint density at radius 1 is 1.24 bits per heavy atom. The highest BCUT2D eigenvalue weighted by Gasteiger charge is 2.22. The molecule has 1 aromatic heterocycles. The lowest BCUT2D eigenvalue weighted by Gasteiger charge is -2.16. The zero-order valence-electron chi connectivity index (χ0n) is 12.0. The van der Waals surface area contributed by atoms with Crippen molar-refractivity contribution in [2.45, 2.75) is 26.3 Å². The summed E-state index contributed by atoms with van der Waals surface area (Å²) in [7, 11) is 0. The second kappa shape index (κ2) is 6.35. The molecule has 0 aliphatic rings. The van der Waals surface area contributed by atoms with Crippen molar-refractivity contribution in [1.29, 1.82) is 0 Å². The number of rotatable bonds is 5. The first kappa shape index (κ1) is 15.0. The third kappa shape index (κ3) is 3.56. The molecule has 2 N–H and O–H groups in total. The van der Waals surface area contributed by atoms with Gasteiger partial charge >= 0.3 is 5.97 Å². The molecule has 0 unspecified atom stereocenters. The molecule has 5 nitrogen and oxygen atoms in total. The van der Waals surface area contributed by atoms with Gasteiger partial charge in [-0.15, -0.1) is 0 Å². The molecule has 0 spiro atoms. The number of hydrogen-bond acceptors (Lipinski definition) is 3.